The van der Waals surface area contributed by atoms with Crippen molar-refractivity contribution < 1.29 is 14.3 Å². The summed E-state index contributed by atoms with van der Waals surface area (Å²) in [5, 5.41) is 0. The lowest BCUT2D eigenvalue weighted by molar-refractivity contribution is 0.0600. The van der Waals surface area contributed by atoms with Crippen molar-refractivity contribution in [1.29, 1.82) is 0 Å². The Hall–Kier alpha value is -1.33. The molecule has 2 atom stereocenters. The molecule has 1 amide bonds. The largest absolute Gasteiger partial charge is 0.383 e. The molecule has 0 N–H and O–H groups in total. The average Bonchev–Trinajstić information content (AvgIpc) is 3.04. The van der Waals surface area contributed by atoms with E-state index in [0.717, 1.165) is 12.1 Å². The first kappa shape index (κ1) is 15.1. The van der Waals surface area contributed by atoms with Crippen molar-refractivity contribution in [3.8, 4) is 0 Å². The number of methoxy groups -OCH3 is 2. The molecule has 1 fully saturated rings. The van der Waals surface area contributed by atoms with Crippen molar-refractivity contribution >= 4 is 5.91 Å². The van der Waals surface area contributed by atoms with Crippen LogP contribution >= 0.6 is 0 Å². The molecule has 20 heavy (non-hydrogen) atoms. The van der Waals surface area contributed by atoms with Gasteiger partial charge in [-0.25, -0.2) is 0 Å². The van der Waals surface area contributed by atoms with Crippen LogP contribution in [0, 0.1) is 0 Å². The molecule has 1 aliphatic heterocycles. The molecule has 0 saturated carbocycles. The molecule has 0 unspecified atom stereocenters. The van der Waals surface area contributed by atoms with Gasteiger partial charge in [0.15, 0.2) is 0 Å². The van der Waals surface area contributed by atoms with Gasteiger partial charge in [-0.1, -0.05) is 0 Å². The van der Waals surface area contributed by atoms with Crippen LogP contribution in [0.4, 0.5) is 0 Å². The zero-order valence-corrected chi connectivity index (χ0v) is 12.7. The second-order valence-electron chi connectivity index (χ2n) is 5.55. The van der Waals surface area contributed by atoms with Gasteiger partial charge in [0.2, 0.25) is 0 Å². The minimum Gasteiger partial charge on any atom is -0.383 e. The van der Waals surface area contributed by atoms with E-state index < -0.39 is 0 Å². The molecule has 1 aromatic rings. The first-order valence-corrected chi connectivity index (χ1v) is 7.08. The molecule has 5 nitrogen and oxygen atoms in total. The Morgan fingerprint density at radius 1 is 1.45 bits per heavy atom. The van der Waals surface area contributed by atoms with Crippen LogP contribution < -0.4 is 0 Å². The quantitative estimate of drug-likeness (QED) is 0.828. The summed E-state index contributed by atoms with van der Waals surface area (Å²) in [6.07, 6.45) is 2.88. The molecule has 2 rings (SSSR count). The maximum atomic E-state index is 12.8. The summed E-state index contributed by atoms with van der Waals surface area (Å²) in [5.74, 6) is 0.0605. The van der Waals surface area contributed by atoms with Gasteiger partial charge in [-0.2, -0.15) is 0 Å². The third-order valence-electron chi connectivity index (χ3n) is 3.88. The normalized spacial score (nSPS) is 22.8. The van der Waals surface area contributed by atoms with Crippen LogP contribution in [0.3, 0.4) is 0 Å². The van der Waals surface area contributed by atoms with E-state index in [9.17, 15) is 4.79 Å². The Morgan fingerprint density at radius 3 is 2.80 bits per heavy atom. The van der Waals surface area contributed by atoms with E-state index in [4.69, 9.17) is 9.47 Å². The molecule has 2 heterocycles. The number of rotatable bonds is 5. The Labute approximate surface area is 120 Å². The number of nitrogens with zero attached hydrogens (tertiary/aromatic N) is 2. The van der Waals surface area contributed by atoms with Crippen molar-refractivity contribution in [2.75, 3.05) is 27.4 Å². The molecule has 1 saturated heterocycles. The van der Waals surface area contributed by atoms with Gasteiger partial charge < -0.3 is 18.9 Å². The van der Waals surface area contributed by atoms with Gasteiger partial charge in [-0.15, -0.1) is 0 Å². The van der Waals surface area contributed by atoms with Crippen LogP contribution in [0.2, 0.25) is 0 Å². The first-order valence-electron chi connectivity index (χ1n) is 7.08. The number of amides is 1. The minimum atomic E-state index is 0.0605. The second-order valence-corrected chi connectivity index (χ2v) is 5.55. The van der Waals surface area contributed by atoms with E-state index in [-0.39, 0.29) is 24.1 Å². The van der Waals surface area contributed by atoms with Crippen molar-refractivity contribution in [3.05, 3.63) is 24.0 Å². The Bertz CT molecular complexity index is 456. The summed E-state index contributed by atoms with van der Waals surface area (Å²) in [6.45, 7) is 5.33. The molecule has 0 radical (unpaired) electrons. The first-order chi connectivity index (χ1) is 9.58. The van der Waals surface area contributed by atoms with Crippen LogP contribution in [0.15, 0.2) is 18.3 Å². The van der Waals surface area contributed by atoms with Crippen LogP contribution in [0.5, 0.6) is 0 Å². The lowest BCUT2D eigenvalue weighted by Crippen LogP contribution is -2.39. The Kier molecular flexibility index (Phi) is 4.83. The number of ether oxygens (including phenoxy) is 2. The summed E-state index contributed by atoms with van der Waals surface area (Å²) < 4.78 is 12.7. The van der Waals surface area contributed by atoms with Crippen LogP contribution in [0.1, 0.15) is 36.8 Å². The van der Waals surface area contributed by atoms with Crippen LogP contribution in [0.25, 0.3) is 0 Å². The van der Waals surface area contributed by atoms with E-state index in [1.54, 1.807) is 14.2 Å². The van der Waals surface area contributed by atoms with Gasteiger partial charge >= 0.3 is 0 Å². The summed E-state index contributed by atoms with van der Waals surface area (Å²) in [7, 11) is 3.36. The summed E-state index contributed by atoms with van der Waals surface area (Å²) in [6, 6.07) is 4.16. The summed E-state index contributed by atoms with van der Waals surface area (Å²) in [4.78, 5) is 14.7. The van der Waals surface area contributed by atoms with E-state index in [2.05, 4.69) is 13.8 Å². The Morgan fingerprint density at radius 2 is 2.20 bits per heavy atom. The van der Waals surface area contributed by atoms with Gasteiger partial charge in [0.25, 0.3) is 5.91 Å². The standard InChI is InChI=1S/C15H24N2O3/c1-11(2)16-7-5-6-14(16)15(18)17-9-13(20-4)8-12(17)10-19-3/h5-7,11-13H,8-10H2,1-4H3/t12-,13-/m0/s1. The number of hydrogen-bond acceptors (Lipinski definition) is 3. The highest BCUT2D eigenvalue weighted by molar-refractivity contribution is 5.93. The van der Waals surface area contributed by atoms with Gasteiger partial charge in [0.05, 0.1) is 18.8 Å². The highest BCUT2D eigenvalue weighted by Crippen LogP contribution is 2.23. The molecule has 0 aromatic carbocycles. The molecule has 112 valence electrons. The number of carbonyl (C=O) groups is 1. The fourth-order valence-electron chi connectivity index (χ4n) is 2.82. The Balaban J connectivity index is 2.20. The third kappa shape index (κ3) is 2.88. The molecule has 1 aliphatic rings. The van der Waals surface area contributed by atoms with Crippen molar-refractivity contribution in [2.45, 2.75) is 38.5 Å². The average molecular weight is 280 g/mol. The molecule has 0 spiro atoms. The lowest BCUT2D eigenvalue weighted by atomic mass is 10.2. The van der Waals surface area contributed by atoms with Crippen molar-refractivity contribution in [1.82, 2.24) is 9.47 Å². The monoisotopic (exact) mass is 280 g/mol. The SMILES string of the molecule is COC[C@@H]1C[C@H](OC)CN1C(=O)c1cccn1C(C)C. The van der Waals surface area contributed by atoms with Gasteiger partial charge in [-0.3, -0.25) is 4.79 Å². The molecular weight excluding hydrogens is 256 g/mol. The zero-order valence-electron chi connectivity index (χ0n) is 12.7. The number of carbonyl (C=O) groups excluding carboxylic acids is 1. The second kappa shape index (κ2) is 6.41. The van der Waals surface area contributed by atoms with Gasteiger partial charge in [0, 0.05) is 33.0 Å². The summed E-state index contributed by atoms with van der Waals surface area (Å²) >= 11 is 0. The molecule has 0 aliphatic carbocycles. The topological polar surface area (TPSA) is 43.7 Å². The van der Waals surface area contributed by atoms with Crippen molar-refractivity contribution in [2.24, 2.45) is 0 Å². The van der Waals surface area contributed by atoms with Crippen LogP contribution in [-0.4, -0.2) is 54.9 Å². The smallest absolute Gasteiger partial charge is 0.270 e. The fourth-order valence-corrected chi connectivity index (χ4v) is 2.82. The highest BCUT2D eigenvalue weighted by Gasteiger charge is 2.36. The van der Waals surface area contributed by atoms with E-state index in [1.807, 2.05) is 27.8 Å². The molecule has 1 aromatic heterocycles. The predicted octanol–water partition coefficient (Wildman–Crippen LogP) is 1.94. The van der Waals surface area contributed by atoms with Gasteiger partial charge in [-0.05, 0) is 32.4 Å². The fraction of sp³-hybridized carbons (Fsp3) is 0.667. The molecule has 0 bridgehead atoms. The number of aromatic nitrogens is 1. The van der Waals surface area contributed by atoms with Crippen LogP contribution in [-0.2, 0) is 9.47 Å². The highest BCUT2D eigenvalue weighted by atomic mass is 16.5. The van der Waals surface area contributed by atoms with E-state index in [1.165, 1.54) is 0 Å². The third-order valence-corrected chi connectivity index (χ3v) is 3.88. The maximum absolute atomic E-state index is 12.8. The zero-order chi connectivity index (χ0) is 14.7. The predicted molar refractivity (Wildman–Crippen MR) is 76.9 cm³/mol. The van der Waals surface area contributed by atoms with Crippen molar-refractivity contribution in [3.63, 3.8) is 0 Å². The molecule has 5 heteroatoms. The summed E-state index contributed by atoms with van der Waals surface area (Å²) in [5.41, 5.74) is 0.734. The number of hydrogen-bond donors (Lipinski definition) is 0. The number of likely N-dealkylation sites (tertiary alicyclic amines) is 1. The van der Waals surface area contributed by atoms with Gasteiger partial charge in [0.1, 0.15) is 5.69 Å². The minimum absolute atomic E-state index is 0.0605. The lowest BCUT2D eigenvalue weighted by Gasteiger charge is -2.25. The molecular formula is C15H24N2O3. The van der Waals surface area contributed by atoms with E-state index >= 15 is 0 Å². The maximum Gasteiger partial charge on any atom is 0.270 e. The van der Waals surface area contributed by atoms with E-state index in [0.29, 0.717) is 13.2 Å².